The summed E-state index contributed by atoms with van der Waals surface area (Å²) < 4.78 is 1.83. The van der Waals surface area contributed by atoms with Gasteiger partial charge in [0.2, 0.25) is 0 Å². The summed E-state index contributed by atoms with van der Waals surface area (Å²) in [5.41, 5.74) is 3.19. The maximum atomic E-state index is 12.8. The monoisotopic (exact) mass is 368 g/mol. The van der Waals surface area contributed by atoms with Gasteiger partial charge in [-0.25, -0.2) is 4.68 Å². The van der Waals surface area contributed by atoms with E-state index in [4.69, 9.17) is 0 Å². The lowest BCUT2D eigenvalue weighted by molar-refractivity contribution is 0.0941. The molecule has 1 atom stereocenters. The number of benzene rings is 1. The number of hydrogen-bond donors (Lipinski definition) is 1. The van der Waals surface area contributed by atoms with E-state index in [1.54, 1.807) is 11.3 Å². The van der Waals surface area contributed by atoms with Crippen molar-refractivity contribution >= 4 is 17.2 Å². The zero-order valence-corrected chi connectivity index (χ0v) is 16.4. The molecule has 6 heteroatoms. The van der Waals surface area contributed by atoms with Gasteiger partial charge in [-0.05, 0) is 51.5 Å². The molecule has 26 heavy (non-hydrogen) atoms. The maximum Gasteiger partial charge on any atom is 0.255 e. The number of nitrogens with zero attached hydrogens (tertiary/aromatic N) is 3. The van der Waals surface area contributed by atoms with Gasteiger partial charge in [-0.15, -0.1) is 11.3 Å². The fourth-order valence-electron chi connectivity index (χ4n) is 3.09. The van der Waals surface area contributed by atoms with Crippen molar-refractivity contribution in [3.8, 4) is 5.69 Å². The van der Waals surface area contributed by atoms with E-state index < -0.39 is 0 Å². The van der Waals surface area contributed by atoms with Crippen molar-refractivity contribution in [2.45, 2.75) is 19.9 Å². The first-order valence-corrected chi connectivity index (χ1v) is 9.46. The lowest BCUT2D eigenvalue weighted by Gasteiger charge is -2.23. The van der Waals surface area contributed by atoms with Crippen LogP contribution in [0.1, 0.15) is 32.7 Å². The summed E-state index contributed by atoms with van der Waals surface area (Å²) in [6, 6.07) is 14.2. The van der Waals surface area contributed by atoms with Crippen LogP contribution in [0.2, 0.25) is 0 Å². The number of carbonyl (C=O) groups excluding carboxylic acids is 1. The molecule has 0 radical (unpaired) electrons. The summed E-state index contributed by atoms with van der Waals surface area (Å²) in [6.07, 6.45) is 0. The molecule has 0 fully saturated rings. The quantitative estimate of drug-likeness (QED) is 0.723. The number of hydrogen-bond acceptors (Lipinski definition) is 4. The summed E-state index contributed by atoms with van der Waals surface area (Å²) in [4.78, 5) is 16.2. The highest BCUT2D eigenvalue weighted by molar-refractivity contribution is 7.10. The van der Waals surface area contributed by atoms with Crippen LogP contribution in [0.15, 0.2) is 47.8 Å². The van der Waals surface area contributed by atoms with Crippen molar-refractivity contribution < 1.29 is 4.79 Å². The van der Waals surface area contributed by atoms with Crippen molar-refractivity contribution in [2.24, 2.45) is 0 Å². The fourth-order valence-corrected chi connectivity index (χ4v) is 4.01. The molecule has 0 aliphatic carbocycles. The highest BCUT2D eigenvalue weighted by Crippen LogP contribution is 2.23. The average Bonchev–Trinajstić information content (AvgIpc) is 3.24. The Kier molecular flexibility index (Phi) is 5.54. The smallest absolute Gasteiger partial charge is 0.255 e. The van der Waals surface area contributed by atoms with Gasteiger partial charge in [0.05, 0.1) is 28.7 Å². The SMILES string of the molecule is Cc1nn(-c2ccccc2)c(C)c1C(=O)NC[C@H](c1cccs1)N(C)C. The molecule has 2 heterocycles. The van der Waals surface area contributed by atoms with Gasteiger partial charge in [-0.2, -0.15) is 5.10 Å². The first kappa shape index (κ1) is 18.4. The number of aromatic nitrogens is 2. The zero-order chi connectivity index (χ0) is 18.7. The van der Waals surface area contributed by atoms with Crippen LogP contribution in [0.4, 0.5) is 0 Å². The topological polar surface area (TPSA) is 50.2 Å². The van der Waals surface area contributed by atoms with Gasteiger partial charge >= 0.3 is 0 Å². The molecular weight excluding hydrogens is 344 g/mol. The molecule has 1 aromatic carbocycles. The first-order chi connectivity index (χ1) is 12.5. The van der Waals surface area contributed by atoms with Gasteiger partial charge in [0.15, 0.2) is 0 Å². The van der Waals surface area contributed by atoms with E-state index in [1.807, 2.05) is 69.0 Å². The van der Waals surface area contributed by atoms with Gasteiger partial charge in [0.1, 0.15) is 0 Å². The van der Waals surface area contributed by atoms with Crippen LogP contribution in [0.5, 0.6) is 0 Å². The molecule has 0 aliphatic rings. The van der Waals surface area contributed by atoms with Crippen LogP contribution in [-0.2, 0) is 0 Å². The number of rotatable bonds is 6. The van der Waals surface area contributed by atoms with E-state index in [1.165, 1.54) is 4.88 Å². The Labute approximate surface area is 158 Å². The minimum absolute atomic E-state index is 0.0782. The minimum Gasteiger partial charge on any atom is -0.350 e. The van der Waals surface area contributed by atoms with Gasteiger partial charge in [-0.3, -0.25) is 4.79 Å². The van der Waals surface area contributed by atoms with Crippen LogP contribution in [0.25, 0.3) is 5.69 Å². The van der Waals surface area contributed by atoms with Crippen LogP contribution in [-0.4, -0.2) is 41.2 Å². The standard InChI is InChI=1S/C20H24N4OS/c1-14-19(15(2)24(22-14)16-9-6-5-7-10-16)20(25)21-13-17(23(3)4)18-11-8-12-26-18/h5-12,17H,13H2,1-4H3,(H,21,25)/t17-/m1/s1. The van der Waals surface area contributed by atoms with Gasteiger partial charge < -0.3 is 10.2 Å². The summed E-state index contributed by atoms with van der Waals surface area (Å²) in [6.45, 7) is 4.37. The molecule has 0 saturated heterocycles. The van der Waals surface area contributed by atoms with Crippen LogP contribution < -0.4 is 5.32 Å². The molecule has 136 valence electrons. The minimum atomic E-state index is -0.0782. The van der Waals surface area contributed by atoms with Gasteiger partial charge in [-0.1, -0.05) is 24.3 Å². The molecule has 1 amide bonds. The molecular formula is C20H24N4OS. The normalized spacial score (nSPS) is 12.3. The molecule has 3 aromatic rings. The van der Waals surface area contributed by atoms with E-state index in [0.29, 0.717) is 12.1 Å². The second-order valence-corrected chi connectivity index (χ2v) is 7.48. The lowest BCUT2D eigenvalue weighted by Crippen LogP contribution is -2.34. The molecule has 0 unspecified atom stereocenters. The Morgan fingerprint density at radius 3 is 2.54 bits per heavy atom. The average molecular weight is 369 g/mol. The molecule has 1 N–H and O–H groups in total. The van der Waals surface area contributed by atoms with Crippen molar-refractivity contribution in [1.29, 1.82) is 0 Å². The summed E-state index contributed by atoms with van der Waals surface area (Å²) in [7, 11) is 4.06. The maximum absolute atomic E-state index is 12.8. The second kappa shape index (κ2) is 7.85. The molecule has 3 rings (SSSR count). The molecule has 2 aromatic heterocycles. The number of likely N-dealkylation sites (N-methyl/N-ethyl adjacent to an activating group) is 1. The molecule has 0 bridgehead atoms. The second-order valence-electron chi connectivity index (χ2n) is 6.50. The van der Waals surface area contributed by atoms with E-state index in [0.717, 1.165) is 17.1 Å². The van der Waals surface area contributed by atoms with E-state index >= 15 is 0 Å². The molecule has 0 aliphatic heterocycles. The van der Waals surface area contributed by atoms with Crippen LogP contribution >= 0.6 is 11.3 Å². The highest BCUT2D eigenvalue weighted by atomic mass is 32.1. The Bertz CT molecular complexity index is 869. The van der Waals surface area contributed by atoms with Crippen LogP contribution in [0.3, 0.4) is 0 Å². The lowest BCUT2D eigenvalue weighted by atomic mass is 10.1. The van der Waals surface area contributed by atoms with E-state index in [9.17, 15) is 4.79 Å². The number of aryl methyl sites for hydroxylation is 1. The number of carbonyl (C=O) groups is 1. The van der Waals surface area contributed by atoms with Crippen molar-refractivity contribution in [1.82, 2.24) is 20.0 Å². The van der Waals surface area contributed by atoms with Gasteiger partial charge in [0, 0.05) is 11.4 Å². The number of amides is 1. The third kappa shape index (κ3) is 3.71. The Morgan fingerprint density at radius 1 is 1.19 bits per heavy atom. The van der Waals surface area contributed by atoms with Gasteiger partial charge in [0.25, 0.3) is 5.91 Å². The predicted molar refractivity (Wildman–Crippen MR) is 106 cm³/mol. The highest BCUT2D eigenvalue weighted by Gasteiger charge is 2.21. The Morgan fingerprint density at radius 2 is 1.92 bits per heavy atom. The van der Waals surface area contributed by atoms with E-state index in [-0.39, 0.29) is 11.9 Å². The Balaban J connectivity index is 1.79. The van der Waals surface area contributed by atoms with Crippen LogP contribution in [0, 0.1) is 13.8 Å². The largest absolute Gasteiger partial charge is 0.350 e. The summed E-state index contributed by atoms with van der Waals surface area (Å²) in [5, 5.41) is 9.71. The first-order valence-electron chi connectivity index (χ1n) is 8.58. The summed E-state index contributed by atoms with van der Waals surface area (Å²) in [5.74, 6) is -0.0782. The van der Waals surface area contributed by atoms with Crippen molar-refractivity contribution in [2.75, 3.05) is 20.6 Å². The molecule has 0 spiro atoms. The number of nitrogens with one attached hydrogen (secondary N) is 1. The molecule has 0 saturated carbocycles. The predicted octanol–water partition coefficient (Wildman–Crippen LogP) is 3.58. The Hall–Kier alpha value is -2.44. The third-order valence-electron chi connectivity index (χ3n) is 4.47. The molecule has 5 nitrogen and oxygen atoms in total. The number of thiophene rings is 1. The summed E-state index contributed by atoms with van der Waals surface area (Å²) >= 11 is 1.71. The number of para-hydroxylation sites is 1. The van der Waals surface area contributed by atoms with Crippen molar-refractivity contribution in [3.63, 3.8) is 0 Å². The zero-order valence-electron chi connectivity index (χ0n) is 15.6. The van der Waals surface area contributed by atoms with Crippen molar-refractivity contribution in [3.05, 3.63) is 69.7 Å². The fraction of sp³-hybridized carbons (Fsp3) is 0.300. The third-order valence-corrected chi connectivity index (χ3v) is 5.44. The van der Waals surface area contributed by atoms with E-state index in [2.05, 4.69) is 26.8 Å².